The summed E-state index contributed by atoms with van der Waals surface area (Å²) in [5.41, 5.74) is 0.400. The molecule has 1 heterocycles. The summed E-state index contributed by atoms with van der Waals surface area (Å²) in [6, 6.07) is 0.666. The second-order valence-corrected chi connectivity index (χ2v) is 7.06. The zero-order valence-electron chi connectivity index (χ0n) is 13.8. The summed E-state index contributed by atoms with van der Waals surface area (Å²) >= 11 is 0. The summed E-state index contributed by atoms with van der Waals surface area (Å²) in [4.78, 5) is 2.47. The summed E-state index contributed by atoms with van der Waals surface area (Å²) in [6.45, 7) is 4.35. The molecule has 0 spiro atoms. The van der Waals surface area contributed by atoms with E-state index >= 15 is 0 Å². The van der Waals surface area contributed by atoms with Gasteiger partial charge in [-0.3, -0.25) is 0 Å². The third-order valence-electron chi connectivity index (χ3n) is 5.43. The maximum Gasteiger partial charge on any atom is 0.0589 e. The van der Waals surface area contributed by atoms with Crippen LogP contribution in [0.25, 0.3) is 0 Å². The van der Waals surface area contributed by atoms with E-state index in [0.29, 0.717) is 17.7 Å². The predicted octanol–water partition coefficient (Wildman–Crippen LogP) is 3.19. The van der Waals surface area contributed by atoms with Crippen LogP contribution in [0.2, 0.25) is 0 Å². The number of likely N-dealkylation sites (N-methyl/N-ethyl adjacent to an activating group) is 1. The SMILES string of the molecule is CCCC1CC(NCC2(N(C)C)CCCCC2)CCO1. The van der Waals surface area contributed by atoms with Crippen LogP contribution in [0.15, 0.2) is 0 Å². The van der Waals surface area contributed by atoms with E-state index in [1.807, 2.05) is 0 Å². The van der Waals surface area contributed by atoms with Gasteiger partial charge >= 0.3 is 0 Å². The quantitative estimate of drug-likeness (QED) is 0.810. The Morgan fingerprint density at radius 2 is 1.95 bits per heavy atom. The molecule has 3 nitrogen and oxygen atoms in total. The largest absolute Gasteiger partial charge is 0.378 e. The normalized spacial score (nSPS) is 30.6. The highest BCUT2D eigenvalue weighted by Gasteiger charge is 2.35. The standard InChI is InChI=1S/C17H34N2O/c1-4-8-16-13-15(9-12-20-16)18-14-17(19(2)3)10-6-5-7-11-17/h15-16,18H,4-14H2,1-3H3. The van der Waals surface area contributed by atoms with Crippen LogP contribution >= 0.6 is 0 Å². The van der Waals surface area contributed by atoms with Crippen LogP contribution in [-0.4, -0.2) is 49.8 Å². The van der Waals surface area contributed by atoms with Gasteiger partial charge in [-0.15, -0.1) is 0 Å². The number of hydrogen-bond donors (Lipinski definition) is 1. The van der Waals surface area contributed by atoms with Crippen LogP contribution in [0.1, 0.15) is 64.7 Å². The summed E-state index contributed by atoms with van der Waals surface area (Å²) < 4.78 is 5.86. The Bertz CT molecular complexity index is 272. The number of ether oxygens (including phenoxy) is 1. The molecule has 1 N–H and O–H groups in total. The van der Waals surface area contributed by atoms with E-state index in [-0.39, 0.29) is 0 Å². The first-order chi connectivity index (χ1) is 9.66. The Labute approximate surface area is 125 Å². The third kappa shape index (κ3) is 4.19. The summed E-state index contributed by atoms with van der Waals surface area (Å²) in [7, 11) is 4.52. The topological polar surface area (TPSA) is 24.5 Å². The minimum Gasteiger partial charge on any atom is -0.378 e. The first-order valence-corrected chi connectivity index (χ1v) is 8.69. The highest BCUT2D eigenvalue weighted by Crippen LogP contribution is 2.32. The van der Waals surface area contributed by atoms with Crippen LogP contribution in [0.4, 0.5) is 0 Å². The summed E-state index contributed by atoms with van der Waals surface area (Å²) in [5.74, 6) is 0. The van der Waals surface area contributed by atoms with Crippen molar-refractivity contribution in [1.82, 2.24) is 10.2 Å². The Morgan fingerprint density at radius 3 is 2.60 bits per heavy atom. The fourth-order valence-electron chi connectivity index (χ4n) is 3.92. The molecule has 2 fully saturated rings. The van der Waals surface area contributed by atoms with Gasteiger partial charge in [0.05, 0.1) is 6.10 Å². The van der Waals surface area contributed by atoms with Crippen LogP contribution in [0.5, 0.6) is 0 Å². The molecule has 2 atom stereocenters. The molecule has 118 valence electrons. The van der Waals surface area contributed by atoms with E-state index in [9.17, 15) is 0 Å². The van der Waals surface area contributed by atoms with Gasteiger partial charge in [-0.1, -0.05) is 32.6 Å². The molecular weight excluding hydrogens is 248 g/mol. The fraction of sp³-hybridized carbons (Fsp3) is 1.00. The van der Waals surface area contributed by atoms with Crippen molar-refractivity contribution in [2.24, 2.45) is 0 Å². The molecule has 1 saturated heterocycles. The van der Waals surface area contributed by atoms with Crippen molar-refractivity contribution in [2.45, 2.75) is 82.4 Å². The van der Waals surface area contributed by atoms with E-state index in [4.69, 9.17) is 4.74 Å². The highest BCUT2D eigenvalue weighted by molar-refractivity contribution is 4.94. The lowest BCUT2D eigenvalue weighted by Crippen LogP contribution is -2.55. The smallest absolute Gasteiger partial charge is 0.0589 e. The Morgan fingerprint density at radius 1 is 1.20 bits per heavy atom. The molecule has 0 radical (unpaired) electrons. The Hall–Kier alpha value is -0.120. The molecule has 0 bridgehead atoms. The van der Waals surface area contributed by atoms with Gasteiger partial charge in [-0.2, -0.15) is 0 Å². The Kier molecular flexibility index (Phi) is 6.31. The molecule has 0 aromatic heterocycles. The first-order valence-electron chi connectivity index (χ1n) is 8.69. The Balaban J connectivity index is 1.82. The molecule has 3 heteroatoms. The van der Waals surface area contributed by atoms with E-state index < -0.39 is 0 Å². The van der Waals surface area contributed by atoms with E-state index in [2.05, 4.69) is 31.2 Å². The molecular formula is C17H34N2O. The van der Waals surface area contributed by atoms with Crippen molar-refractivity contribution in [3.8, 4) is 0 Å². The van der Waals surface area contributed by atoms with Crippen molar-refractivity contribution in [1.29, 1.82) is 0 Å². The first kappa shape index (κ1) is 16.3. The second-order valence-electron chi connectivity index (χ2n) is 7.06. The molecule has 1 aliphatic carbocycles. The average Bonchev–Trinajstić information content (AvgIpc) is 2.47. The number of hydrogen-bond acceptors (Lipinski definition) is 3. The van der Waals surface area contributed by atoms with E-state index in [0.717, 1.165) is 13.2 Å². The molecule has 1 aliphatic heterocycles. The monoisotopic (exact) mass is 282 g/mol. The van der Waals surface area contributed by atoms with Crippen LogP contribution < -0.4 is 5.32 Å². The zero-order valence-corrected chi connectivity index (χ0v) is 13.8. The molecule has 0 aromatic carbocycles. The van der Waals surface area contributed by atoms with Gasteiger partial charge in [0.25, 0.3) is 0 Å². The molecule has 1 saturated carbocycles. The van der Waals surface area contributed by atoms with Crippen molar-refractivity contribution in [3.63, 3.8) is 0 Å². The summed E-state index contributed by atoms with van der Waals surface area (Å²) in [6.07, 6.45) is 12.3. The lowest BCUT2D eigenvalue weighted by molar-refractivity contribution is -0.00719. The third-order valence-corrected chi connectivity index (χ3v) is 5.43. The average molecular weight is 282 g/mol. The highest BCUT2D eigenvalue weighted by atomic mass is 16.5. The number of nitrogens with zero attached hydrogens (tertiary/aromatic N) is 1. The zero-order chi connectivity index (χ0) is 14.4. The number of rotatable bonds is 6. The van der Waals surface area contributed by atoms with Crippen LogP contribution in [0.3, 0.4) is 0 Å². The molecule has 2 rings (SSSR count). The fourth-order valence-corrected chi connectivity index (χ4v) is 3.92. The van der Waals surface area contributed by atoms with Gasteiger partial charge in [-0.25, -0.2) is 0 Å². The minimum absolute atomic E-state index is 0.400. The predicted molar refractivity (Wildman–Crippen MR) is 85.2 cm³/mol. The van der Waals surface area contributed by atoms with Gasteiger partial charge in [0.1, 0.15) is 0 Å². The maximum atomic E-state index is 5.86. The molecule has 0 aromatic rings. The van der Waals surface area contributed by atoms with Gasteiger partial charge in [-0.05, 0) is 46.2 Å². The van der Waals surface area contributed by atoms with Gasteiger partial charge < -0.3 is 15.0 Å². The minimum atomic E-state index is 0.400. The maximum absolute atomic E-state index is 5.86. The molecule has 0 amide bonds. The van der Waals surface area contributed by atoms with Gasteiger partial charge in [0.15, 0.2) is 0 Å². The molecule has 2 aliphatic rings. The lowest BCUT2D eigenvalue weighted by Gasteiger charge is -2.44. The lowest BCUT2D eigenvalue weighted by atomic mass is 9.80. The van der Waals surface area contributed by atoms with Gasteiger partial charge in [0.2, 0.25) is 0 Å². The van der Waals surface area contributed by atoms with Crippen molar-refractivity contribution in [3.05, 3.63) is 0 Å². The van der Waals surface area contributed by atoms with Crippen molar-refractivity contribution < 1.29 is 4.74 Å². The molecule has 20 heavy (non-hydrogen) atoms. The van der Waals surface area contributed by atoms with Crippen LogP contribution in [0, 0.1) is 0 Å². The second kappa shape index (κ2) is 7.77. The van der Waals surface area contributed by atoms with Gasteiger partial charge in [0, 0.05) is 24.7 Å². The van der Waals surface area contributed by atoms with E-state index in [1.54, 1.807) is 0 Å². The van der Waals surface area contributed by atoms with Crippen LogP contribution in [-0.2, 0) is 4.74 Å². The van der Waals surface area contributed by atoms with Crippen molar-refractivity contribution in [2.75, 3.05) is 27.2 Å². The molecule has 2 unspecified atom stereocenters. The summed E-state index contributed by atoms with van der Waals surface area (Å²) in [5, 5.41) is 3.88. The van der Waals surface area contributed by atoms with E-state index in [1.165, 1.54) is 57.8 Å². The van der Waals surface area contributed by atoms with Crippen molar-refractivity contribution >= 4 is 0 Å². The number of nitrogens with one attached hydrogen (secondary N) is 1.